The minimum Gasteiger partial charge on any atom is -0.493 e. The van der Waals surface area contributed by atoms with Crippen molar-refractivity contribution in [3.63, 3.8) is 0 Å². The number of ether oxygens (including phenoxy) is 1. The van der Waals surface area contributed by atoms with E-state index in [-0.39, 0.29) is 30.3 Å². The molecule has 0 radical (unpaired) electrons. The minimum absolute atomic E-state index is 0. The summed E-state index contributed by atoms with van der Waals surface area (Å²) in [7, 11) is 0. The molecule has 34 heavy (non-hydrogen) atoms. The summed E-state index contributed by atoms with van der Waals surface area (Å²) in [5.41, 5.74) is 8.63. The molecule has 2 unspecified atom stereocenters. The van der Waals surface area contributed by atoms with Gasteiger partial charge in [0.2, 0.25) is 5.91 Å². The van der Waals surface area contributed by atoms with Gasteiger partial charge in [-0.15, -0.1) is 12.4 Å². The number of nitrogens with two attached hydrogens (primary N) is 1. The number of nitrogens with one attached hydrogen (secondary N) is 2. The van der Waals surface area contributed by atoms with E-state index < -0.39 is 6.04 Å². The van der Waals surface area contributed by atoms with E-state index in [4.69, 9.17) is 10.5 Å². The first-order valence-electron chi connectivity index (χ1n) is 11.3. The van der Waals surface area contributed by atoms with Crippen molar-refractivity contribution < 1.29 is 14.3 Å². The van der Waals surface area contributed by atoms with Gasteiger partial charge in [0.15, 0.2) is 0 Å². The fourth-order valence-corrected chi connectivity index (χ4v) is 3.74. The molecule has 0 spiro atoms. The van der Waals surface area contributed by atoms with E-state index >= 15 is 0 Å². The van der Waals surface area contributed by atoms with Crippen molar-refractivity contribution in [3.8, 4) is 5.75 Å². The number of amides is 2. The van der Waals surface area contributed by atoms with Crippen molar-refractivity contribution in [1.29, 1.82) is 0 Å². The lowest BCUT2D eigenvalue weighted by atomic mass is 10.1. The van der Waals surface area contributed by atoms with Crippen LogP contribution in [0.15, 0.2) is 84.9 Å². The molecule has 1 saturated carbocycles. The summed E-state index contributed by atoms with van der Waals surface area (Å²) in [6.07, 6.45) is 1.34. The van der Waals surface area contributed by atoms with E-state index in [0.29, 0.717) is 31.1 Å². The molecule has 3 aromatic carbocycles. The zero-order chi connectivity index (χ0) is 23.0. The molecule has 4 rings (SSSR count). The highest BCUT2D eigenvalue weighted by atomic mass is 35.5. The van der Waals surface area contributed by atoms with Crippen LogP contribution in [0.2, 0.25) is 0 Å². The second-order valence-electron chi connectivity index (χ2n) is 8.31. The summed E-state index contributed by atoms with van der Waals surface area (Å²) in [5, 5.41) is 5.77. The van der Waals surface area contributed by atoms with Crippen LogP contribution in [0.4, 0.5) is 0 Å². The second-order valence-corrected chi connectivity index (χ2v) is 8.31. The number of carbonyl (C=O) groups excluding carboxylic acids is 2. The van der Waals surface area contributed by atoms with Crippen LogP contribution in [0.5, 0.6) is 5.75 Å². The third kappa shape index (κ3) is 7.07. The molecule has 0 aliphatic heterocycles. The lowest BCUT2D eigenvalue weighted by molar-refractivity contribution is -0.123. The SMILES string of the molecule is Cl.NC1CC1c1cccc(OCC[C@H](NC(=O)c2ccccc2)C(=O)NCc2ccccc2)c1. The molecule has 3 aromatic rings. The predicted octanol–water partition coefficient (Wildman–Crippen LogP) is 3.81. The molecule has 178 valence electrons. The van der Waals surface area contributed by atoms with Gasteiger partial charge in [0.1, 0.15) is 11.8 Å². The van der Waals surface area contributed by atoms with E-state index in [0.717, 1.165) is 17.7 Å². The normalized spacial score (nSPS) is 17.1. The van der Waals surface area contributed by atoms with E-state index in [2.05, 4.69) is 16.7 Å². The Morgan fingerprint density at radius 1 is 0.971 bits per heavy atom. The molecule has 7 heteroatoms. The predicted molar refractivity (Wildman–Crippen MR) is 135 cm³/mol. The highest BCUT2D eigenvalue weighted by molar-refractivity contribution is 5.97. The summed E-state index contributed by atoms with van der Waals surface area (Å²) < 4.78 is 5.92. The van der Waals surface area contributed by atoms with Crippen LogP contribution in [0.1, 0.15) is 40.2 Å². The first kappa shape index (κ1) is 25.3. The lowest BCUT2D eigenvalue weighted by Gasteiger charge is -2.19. The van der Waals surface area contributed by atoms with Crippen LogP contribution in [0.25, 0.3) is 0 Å². The van der Waals surface area contributed by atoms with Gasteiger partial charge < -0.3 is 21.1 Å². The molecule has 3 atom stereocenters. The first-order valence-corrected chi connectivity index (χ1v) is 11.3. The van der Waals surface area contributed by atoms with Gasteiger partial charge in [-0.05, 0) is 41.8 Å². The van der Waals surface area contributed by atoms with Crippen LogP contribution in [0, 0.1) is 0 Å². The monoisotopic (exact) mass is 479 g/mol. The maximum Gasteiger partial charge on any atom is 0.251 e. The van der Waals surface area contributed by atoms with Crippen molar-refractivity contribution in [2.45, 2.75) is 37.4 Å². The van der Waals surface area contributed by atoms with E-state index in [1.807, 2.05) is 54.6 Å². The highest BCUT2D eigenvalue weighted by Gasteiger charge is 2.34. The third-order valence-corrected chi connectivity index (χ3v) is 5.77. The largest absolute Gasteiger partial charge is 0.493 e. The van der Waals surface area contributed by atoms with Crippen LogP contribution in [0.3, 0.4) is 0 Å². The summed E-state index contributed by atoms with van der Waals surface area (Å²) in [6.45, 7) is 0.681. The van der Waals surface area contributed by atoms with Gasteiger partial charge in [-0.1, -0.05) is 60.7 Å². The van der Waals surface area contributed by atoms with Crippen LogP contribution < -0.4 is 21.1 Å². The van der Waals surface area contributed by atoms with E-state index in [1.54, 1.807) is 24.3 Å². The molecular formula is C27H30ClN3O3. The van der Waals surface area contributed by atoms with Gasteiger partial charge >= 0.3 is 0 Å². The van der Waals surface area contributed by atoms with Gasteiger partial charge in [-0.3, -0.25) is 9.59 Å². The van der Waals surface area contributed by atoms with Crippen molar-refractivity contribution in [3.05, 3.63) is 102 Å². The van der Waals surface area contributed by atoms with Gasteiger partial charge in [0, 0.05) is 30.5 Å². The average molecular weight is 480 g/mol. The van der Waals surface area contributed by atoms with Crippen molar-refractivity contribution in [1.82, 2.24) is 10.6 Å². The molecule has 4 N–H and O–H groups in total. The van der Waals surface area contributed by atoms with E-state index in [1.165, 1.54) is 5.56 Å². The first-order chi connectivity index (χ1) is 16.1. The molecule has 0 bridgehead atoms. The third-order valence-electron chi connectivity index (χ3n) is 5.77. The Balaban J connectivity index is 0.00000324. The molecule has 0 saturated heterocycles. The number of halogens is 1. The maximum atomic E-state index is 12.9. The number of rotatable bonds is 10. The molecule has 1 aliphatic carbocycles. The summed E-state index contributed by atoms with van der Waals surface area (Å²) >= 11 is 0. The Morgan fingerprint density at radius 2 is 1.65 bits per heavy atom. The average Bonchev–Trinajstić information content (AvgIpc) is 3.59. The zero-order valence-corrected chi connectivity index (χ0v) is 19.7. The Bertz CT molecular complexity index is 1080. The standard InChI is InChI=1S/C27H29N3O3.ClH/c28-24-17-23(24)21-12-7-13-22(16-21)33-15-14-25(30-26(31)20-10-5-2-6-11-20)27(32)29-18-19-8-3-1-4-9-19;/h1-13,16,23-25H,14-15,17-18,28H2,(H,29,32)(H,30,31);1H/t23?,24?,25-;/m0./s1. The van der Waals surface area contributed by atoms with Crippen LogP contribution in [-0.4, -0.2) is 30.5 Å². The Morgan fingerprint density at radius 3 is 2.32 bits per heavy atom. The Kier molecular flexibility index (Phi) is 9.08. The van der Waals surface area contributed by atoms with Crippen molar-refractivity contribution >= 4 is 24.2 Å². The highest BCUT2D eigenvalue weighted by Crippen LogP contribution is 2.39. The number of benzene rings is 3. The van der Waals surface area contributed by atoms with Crippen LogP contribution >= 0.6 is 12.4 Å². The summed E-state index contributed by atoms with van der Waals surface area (Å²) in [4.78, 5) is 25.6. The van der Waals surface area contributed by atoms with Crippen LogP contribution in [-0.2, 0) is 11.3 Å². The topological polar surface area (TPSA) is 93.4 Å². The number of carbonyl (C=O) groups is 2. The maximum absolute atomic E-state index is 12.9. The number of hydrogen-bond acceptors (Lipinski definition) is 4. The van der Waals surface area contributed by atoms with Gasteiger partial charge in [0.25, 0.3) is 5.91 Å². The molecular weight excluding hydrogens is 450 g/mol. The lowest BCUT2D eigenvalue weighted by Crippen LogP contribution is -2.47. The molecule has 0 aromatic heterocycles. The quantitative estimate of drug-likeness (QED) is 0.412. The van der Waals surface area contributed by atoms with Gasteiger partial charge in [0.05, 0.1) is 6.61 Å². The van der Waals surface area contributed by atoms with Crippen molar-refractivity contribution in [2.24, 2.45) is 5.73 Å². The fourth-order valence-electron chi connectivity index (χ4n) is 3.74. The summed E-state index contributed by atoms with van der Waals surface area (Å²) in [5.74, 6) is 0.601. The second kappa shape index (κ2) is 12.2. The fraction of sp³-hybridized carbons (Fsp3) is 0.259. The van der Waals surface area contributed by atoms with E-state index in [9.17, 15) is 9.59 Å². The Hall–Kier alpha value is -3.35. The molecule has 1 fully saturated rings. The molecule has 2 amide bonds. The molecule has 6 nitrogen and oxygen atoms in total. The van der Waals surface area contributed by atoms with Crippen molar-refractivity contribution in [2.75, 3.05) is 6.61 Å². The smallest absolute Gasteiger partial charge is 0.251 e. The Labute approximate surface area is 206 Å². The van der Waals surface area contributed by atoms with Gasteiger partial charge in [-0.2, -0.15) is 0 Å². The minimum atomic E-state index is -0.721. The summed E-state index contributed by atoms with van der Waals surface area (Å²) in [6, 6.07) is 26.0. The van der Waals surface area contributed by atoms with Gasteiger partial charge in [-0.25, -0.2) is 0 Å². The number of hydrogen-bond donors (Lipinski definition) is 3. The molecule has 0 heterocycles. The molecule has 1 aliphatic rings. The zero-order valence-electron chi connectivity index (χ0n) is 18.9.